The molecule has 1 aromatic carbocycles. The lowest BCUT2D eigenvalue weighted by molar-refractivity contribution is -0.919. The van der Waals surface area contributed by atoms with E-state index >= 15 is 0 Å². The molecule has 2 heteroatoms. The number of aliphatic hydroxyl groups excluding tert-OH is 1. The van der Waals surface area contributed by atoms with E-state index in [-0.39, 0.29) is 6.10 Å². The Hall–Kier alpha value is -0.860. The number of hydrogen-bond donors (Lipinski definition) is 2. The van der Waals surface area contributed by atoms with Gasteiger partial charge >= 0.3 is 0 Å². The van der Waals surface area contributed by atoms with E-state index in [4.69, 9.17) is 0 Å². The molecule has 1 aromatic rings. The summed E-state index contributed by atoms with van der Waals surface area (Å²) in [4.78, 5) is 1.61. The predicted molar refractivity (Wildman–Crippen MR) is 65.6 cm³/mol. The highest BCUT2D eigenvalue weighted by Crippen LogP contribution is 2.09. The number of nitrogens with one attached hydrogen (secondary N) is 1. The highest BCUT2D eigenvalue weighted by molar-refractivity contribution is 5.29. The second-order valence-corrected chi connectivity index (χ2v) is 5.09. The minimum atomic E-state index is -0.0534. The fraction of sp³-hybridized carbons (Fsp3) is 0.571. The molecule has 0 aliphatic carbocycles. The Morgan fingerprint density at radius 1 is 1.25 bits per heavy atom. The van der Waals surface area contributed by atoms with E-state index in [0.29, 0.717) is 0 Å². The summed E-state index contributed by atoms with van der Waals surface area (Å²) in [7, 11) is 0. The van der Waals surface area contributed by atoms with Crippen LogP contribution in [0.5, 0.6) is 0 Å². The molecule has 2 rings (SSSR count). The number of rotatable bonds is 2. The summed E-state index contributed by atoms with van der Waals surface area (Å²) in [5.41, 5.74) is 4.20. The van der Waals surface area contributed by atoms with Gasteiger partial charge in [0.25, 0.3) is 0 Å². The van der Waals surface area contributed by atoms with Crippen molar-refractivity contribution >= 4 is 0 Å². The molecule has 0 unspecified atom stereocenters. The van der Waals surface area contributed by atoms with Crippen LogP contribution in [-0.4, -0.2) is 24.3 Å². The molecule has 2 N–H and O–H groups in total. The number of likely N-dealkylation sites (tertiary alicyclic amines) is 1. The highest BCUT2D eigenvalue weighted by Gasteiger charge is 2.20. The van der Waals surface area contributed by atoms with E-state index in [0.717, 1.165) is 32.5 Å². The molecule has 0 bridgehead atoms. The molecule has 2 nitrogen and oxygen atoms in total. The van der Waals surface area contributed by atoms with Gasteiger partial charge in [-0.2, -0.15) is 0 Å². The van der Waals surface area contributed by atoms with Crippen LogP contribution in [0.15, 0.2) is 18.2 Å². The number of quaternary nitrogens is 1. The monoisotopic (exact) mass is 220 g/mol. The van der Waals surface area contributed by atoms with Gasteiger partial charge in [0.15, 0.2) is 0 Å². The van der Waals surface area contributed by atoms with Gasteiger partial charge < -0.3 is 10.0 Å². The molecule has 88 valence electrons. The highest BCUT2D eigenvalue weighted by atomic mass is 16.3. The third-order valence-corrected chi connectivity index (χ3v) is 3.61. The predicted octanol–water partition coefficient (Wildman–Crippen LogP) is 0.843. The summed E-state index contributed by atoms with van der Waals surface area (Å²) in [5.74, 6) is 0. The summed E-state index contributed by atoms with van der Waals surface area (Å²) < 4.78 is 0. The number of hydrogen-bond acceptors (Lipinski definition) is 1. The third-order valence-electron chi connectivity index (χ3n) is 3.61. The van der Waals surface area contributed by atoms with Crippen LogP contribution in [0.4, 0.5) is 0 Å². The molecule has 0 aromatic heterocycles. The Morgan fingerprint density at radius 3 is 2.62 bits per heavy atom. The van der Waals surface area contributed by atoms with Crippen molar-refractivity contribution in [3.05, 3.63) is 34.9 Å². The van der Waals surface area contributed by atoms with Gasteiger partial charge in [-0.3, -0.25) is 0 Å². The topological polar surface area (TPSA) is 24.7 Å². The molecular formula is C14H22NO+. The quantitative estimate of drug-likeness (QED) is 0.758. The maximum atomic E-state index is 9.48. The van der Waals surface area contributed by atoms with Crippen molar-refractivity contribution < 1.29 is 10.0 Å². The lowest BCUT2D eigenvalue weighted by atomic mass is 10.0. The van der Waals surface area contributed by atoms with Gasteiger partial charge in [-0.25, -0.2) is 0 Å². The molecule has 1 aliphatic rings. The molecule has 0 spiro atoms. The van der Waals surface area contributed by atoms with Crippen LogP contribution in [0.1, 0.15) is 29.5 Å². The van der Waals surface area contributed by atoms with Crippen molar-refractivity contribution in [3.63, 3.8) is 0 Å². The Labute approximate surface area is 97.9 Å². The SMILES string of the molecule is Cc1ccc(C)c(C[NH+]2CCC(O)CC2)c1. The molecule has 1 fully saturated rings. The molecule has 0 radical (unpaired) electrons. The zero-order valence-corrected chi connectivity index (χ0v) is 10.3. The fourth-order valence-corrected chi connectivity index (χ4v) is 2.45. The second kappa shape index (κ2) is 4.98. The summed E-state index contributed by atoms with van der Waals surface area (Å²) >= 11 is 0. The Bertz CT molecular complexity index is 354. The Balaban J connectivity index is 2.00. The average Bonchev–Trinajstić information content (AvgIpc) is 2.27. The van der Waals surface area contributed by atoms with Crippen LogP contribution < -0.4 is 4.90 Å². The molecule has 0 saturated carbocycles. The van der Waals surface area contributed by atoms with E-state index in [1.807, 2.05) is 0 Å². The first-order valence-corrected chi connectivity index (χ1v) is 6.23. The largest absolute Gasteiger partial charge is 0.393 e. The van der Waals surface area contributed by atoms with Gasteiger partial charge in [0.05, 0.1) is 19.2 Å². The first-order valence-electron chi connectivity index (χ1n) is 6.23. The molecule has 1 heterocycles. The first kappa shape index (κ1) is 11.6. The molecule has 1 aliphatic heterocycles. The van der Waals surface area contributed by atoms with Crippen molar-refractivity contribution in [2.75, 3.05) is 13.1 Å². The van der Waals surface area contributed by atoms with Crippen LogP contribution in [0.25, 0.3) is 0 Å². The zero-order valence-electron chi connectivity index (χ0n) is 10.3. The normalized spacial score (nSPS) is 25.7. The lowest BCUT2D eigenvalue weighted by Crippen LogP contribution is -3.12. The molecule has 16 heavy (non-hydrogen) atoms. The van der Waals surface area contributed by atoms with Gasteiger partial charge in [0, 0.05) is 18.4 Å². The van der Waals surface area contributed by atoms with E-state index < -0.39 is 0 Å². The van der Waals surface area contributed by atoms with Crippen molar-refractivity contribution in [2.45, 2.75) is 39.3 Å². The second-order valence-electron chi connectivity index (χ2n) is 5.09. The molecule has 0 atom stereocenters. The number of benzene rings is 1. The third kappa shape index (κ3) is 2.83. The fourth-order valence-electron chi connectivity index (χ4n) is 2.45. The Morgan fingerprint density at radius 2 is 1.94 bits per heavy atom. The standard InChI is InChI=1S/C14H21NO/c1-11-3-4-12(2)13(9-11)10-15-7-5-14(16)6-8-15/h3-4,9,14,16H,5-8,10H2,1-2H3/p+1. The zero-order chi connectivity index (χ0) is 11.5. The maximum Gasteiger partial charge on any atom is 0.103 e. The molecule has 0 amide bonds. The number of aliphatic hydroxyl groups is 1. The van der Waals surface area contributed by atoms with E-state index in [1.165, 1.54) is 16.7 Å². The van der Waals surface area contributed by atoms with Gasteiger partial charge in [-0.1, -0.05) is 23.8 Å². The van der Waals surface area contributed by atoms with Crippen LogP contribution in [0.2, 0.25) is 0 Å². The number of aryl methyl sites for hydroxylation is 2. The van der Waals surface area contributed by atoms with Gasteiger partial charge in [-0.15, -0.1) is 0 Å². The van der Waals surface area contributed by atoms with Gasteiger partial charge in [0.2, 0.25) is 0 Å². The van der Waals surface area contributed by atoms with Crippen LogP contribution in [0, 0.1) is 13.8 Å². The van der Waals surface area contributed by atoms with Crippen molar-refractivity contribution in [1.82, 2.24) is 0 Å². The number of piperidine rings is 1. The molecule has 1 saturated heterocycles. The smallest absolute Gasteiger partial charge is 0.103 e. The summed E-state index contributed by atoms with van der Waals surface area (Å²) in [5, 5.41) is 9.48. The minimum Gasteiger partial charge on any atom is -0.393 e. The maximum absolute atomic E-state index is 9.48. The summed E-state index contributed by atoms with van der Waals surface area (Å²) in [6.07, 6.45) is 1.86. The van der Waals surface area contributed by atoms with E-state index in [9.17, 15) is 5.11 Å². The minimum absolute atomic E-state index is 0.0534. The van der Waals surface area contributed by atoms with Crippen molar-refractivity contribution in [2.24, 2.45) is 0 Å². The Kier molecular flexibility index (Phi) is 3.62. The van der Waals surface area contributed by atoms with Crippen LogP contribution in [-0.2, 0) is 6.54 Å². The summed E-state index contributed by atoms with van der Waals surface area (Å²) in [6, 6.07) is 6.68. The van der Waals surface area contributed by atoms with Gasteiger partial charge in [0.1, 0.15) is 6.54 Å². The van der Waals surface area contributed by atoms with Crippen molar-refractivity contribution in [3.8, 4) is 0 Å². The first-order chi connectivity index (χ1) is 7.65. The van der Waals surface area contributed by atoms with E-state index in [2.05, 4.69) is 32.0 Å². The van der Waals surface area contributed by atoms with Crippen molar-refractivity contribution in [1.29, 1.82) is 0 Å². The molecular weight excluding hydrogens is 198 g/mol. The lowest BCUT2D eigenvalue weighted by Gasteiger charge is -2.27. The summed E-state index contributed by atoms with van der Waals surface area (Å²) in [6.45, 7) is 7.66. The van der Waals surface area contributed by atoms with Crippen LogP contribution in [0.3, 0.4) is 0 Å². The van der Waals surface area contributed by atoms with Gasteiger partial charge in [-0.05, 0) is 19.4 Å². The van der Waals surface area contributed by atoms with Crippen LogP contribution >= 0.6 is 0 Å². The van der Waals surface area contributed by atoms with E-state index in [1.54, 1.807) is 4.90 Å². The average molecular weight is 220 g/mol.